The van der Waals surface area contributed by atoms with Gasteiger partial charge in [-0.15, -0.1) is 0 Å². The van der Waals surface area contributed by atoms with Crippen LogP contribution >= 0.6 is 0 Å². The highest BCUT2D eigenvalue weighted by molar-refractivity contribution is 5.28. The largest absolute Gasteiger partial charge is 0.314 e. The molecule has 0 fully saturated rings. The van der Waals surface area contributed by atoms with Crippen LogP contribution in [0.3, 0.4) is 0 Å². The Kier molecular flexibility index (Phi) is 5.70. The summed E-state index contributed by atoms with van der Waals surface area (Å²) in [7, 11) is 0. The Bertz CT molecular complexity index is 492. The second kappa shape index (κ2) is 7.77. The highest BCUT2D eigenvalue weighted by Crippen LogP contribution is 2.03. The Hall–Kier alpha value is -1.72. The Morgan fingerprint density at radius 3 is 2.70 bits per heavy atom. The van der Waals surface area contributed by atoms with Gasteiger partial charge in [0.1, 0.15) is 0 Å². The Balaban J connectivity index is 1.71. The number of rotatable bonds is 8. The molecule has 0 saturated heterocycles. The van der Waals surface area contributed by atoms with Crippen LogP contribution in [-0.4, -0.2) is 34.1 Å². The molecule has 0 aliphatic heterocycles. The maximum atomic E-state index is 4.45. The number of hydrogen-bond donors (Lipinski definition) is 2. The quantitative estimate of drug-likeness (QED) is 0.719. The van der Waals surface area contributed by atoms with Crippen LogP contribution in [-0.2, 0) is 6.54 Å². The van der Waals surface area contributed by atoms with Gasteiger partial charge in [0.2, 0.25) is 0 Å². The van der Waals surface area contributed by atoms with Gasteiger partial charge >= 0.3 is 0 Å². The first-order valence-electron chi connectivity index (χ1n) is 7.16. The van der Waals surface area contributed by atoms with Gasteiger partial charge in [0.25, 0.3) is 0 Å². The molecule has 0 spiro atoms. The average Bonchev–Trinajstić information content (AvgIpc) is 2.92. The van der Waals surface area contributed by atoms with Crippen molar-refractivity contribution >= 4 is 0 Å². The Labute approximate surface area is 120 Å². The first-order valence-corrected chi connectivity index (χ1v) is 7.16. The lowest BCUT2D eigenvalue weighted by Gasteiger charge is -2.07. The molecule has 0 amide bonds. The molecule has 1 aromatic heterocycles. The summed E-state index contributed by atoms with van der Waals surface area (Å²) in [6, 6.07) is 10.5. The normalized spacial score (nSPS) is 11.2. The van der Waals surface area contributed by atoms with E-state index in [1.807, 2.05) is 36.5 Å². The number of benzene rings is 1. The highest BCUT2D eigenvalue weighted by Gasteiger charge is 2.01. The Morgan fingerprint density at radius 2 is 1.95 bits per heavy atom. The molecule has 2 aromatic rings. The summed E-state index contributed by atoms with van der Waals surface area (Å²) in [4.78, 5) is 1.66. The van der Waals surface area contributed by atoms with Gasteiger partial charge in [-0.05, 0) is 31.6 Å². The third kappa shape index (κ3) is 4.75. The lowest BCUT2D eigenvalue weighted by Crippen LogP contribution is -2.26. The van der Waals surface area contributed by atoms with E-state index in [0.717, 1.165) is 37.4 Å². The number of nitrogens with one attached hydrogen (secondary N) is 2. The van der Waals surface area contributed by atoms with Crippen LogP contribution in [0, 0.1) is 0 Å². The van der Waals surface area contributed by atoms with Gasteiger partial charge in [-0.1, -0.05) is 32.0 Å². The molecule has 5 nitrogen and oxygen atoms in total. The molecule has 108 valence electrons. The maximum Gasteiger partial charge on any atom is 0.0969 e. The van der Waals surface area contributed by atoms with Gasteiger partial charge < -0.3 is 10.6 Å². The van der Waals surface area contributed by atoms with Crippen molar-refractivity contribution in [2.24, 2.45) is 0 Å². The second-order valence-electron chi connectivity index (χ2n) is 5.10. The highest BCUT2D eigenvalue weighted by atomic mass is 15.5. The van der Waals surface area contributed by atoms with Gasteiger partial charge in [-0.25, -0.2) is 0 Å². The van der Waals surface area contributed by atoms with Crippen molar-refractivity contribution in [3.63, 3.8) is 0 Å². The van der Waals surface area contributed by atoms with E-state index in [4.69, 9.17) is 0 Å². The molecule has 0 saturated carbocycles. The van der Waals surface area contributed by atoms with Crippen LogP contribution in [0.15, 0.2) is 36.5 Å². The molecule has 0 bridgehead atoms. The summed E-state index contributed by atoms with van der Waals surface area (Å²) in [6.45, 7) is 7.11. The zero-order valence-electron chi connectivity index (χ0n) is 12.2. The van der Waals surface area contributed by atoms with E-state index in [1.165, 1.54) is 0 Å². The average molecular weight is 273 g/mol. The monoisotopic (exact) mass is 273 g/mol. The second-order valence-corrected chi connectivity index (χ2v) is 5.10. The van der Waals surface area contributed by atoms with E-state index >= 15 is 0 Å². The van der Waals surface area contributed by atoms with Crippen LogP contribution in [0.2, 0.25) is 0 Å². The fourth-order valence-electron chi connectivity index (χ4n) is 1.88. The van der Waals surface area contributed by atoms with E-state index in [-0.39, 0.29) is 0 Å². The predicted molar refractivity (Wildman–Crippen MR) is 80.8 cm³/mol. The minimum absolute atomic E-state index is 0.556. The van der Waals surface area contributed by atoms with Crippen molar-refractivity contribution in [2.45, 2.75) is 32.9 Å². The van der Waals surface area contributed by atoms with E-state index in [0.29, 0.717) is 6.04 Å². The topological polar surface area (TPSA) is 54.8 Å². The summed E-state index contributed by atoms with van der Waals surface area (Å²) < 4.78 is 0. The summed E-state index contributed by atoms with van der Waals surface area (Å²) in [5.41, 5.74) is 1.95. The van der Waals surface area contributed by atoms with Gasteiger partial charge in [0.05, 0.1) is 17.6 Å². The lowest BCUT2D eigenvalue weighted by atomic mass is 10.3. The van der Waals surface area contributed by atoms with Gasteiger partial charge in [-0.2, -0.15) is 15.0 Å². The van der Waals surface area contributed by atoms with E-state index in [2.05, 4.69) is 34.7 Å². The molecular formula is C15H23N5. The molecule has 0 unspecified atom stereocenters. The number of nitrogens with zero attached hydrogens (tertiary/aromatic N) is 3. The standard InChI is InChI=1S/C15H23N5/c1-13(2)17-10-6-9-16-11-14-12-18-20(19-14)15-7-4-3-5-8-15/h3-5,7-8,12-13,16-17H,6,9-11H2,1-2H3. The smallest absolute Gasteiger partial charge is 0.0969 e. The molecule has 20 heavy (non-hydrogen) atoms. The van der Waals surface area contributed by atoms with Crippen LogP contribution in [0.1, 0.15) is 26.0 Å². The van der Waals surface area contributed by atoms with E-state index < -0.39 is 0 Å². The number of hydrogen-bond acceptors (Lipinski definition) is 4. The molecule has 1 heterocycles. The first-order chi connectivity index (χ1) is 9.75. The fourth-order valence-corrected chi connectivity index (χ4v) is 1.88. The predicted octanol–water partition coefficient (Wildman–Crippen LogP) is 1.74. The molecule has 0 radical (unpaired) electrons. The van der Waals surface area contributed by atoms with E-state index in [9.17, 15) is 0 Å². The number of aromatic nitrogens is 3. The summed E-state index contributed by atoms with van der Waals surface area (Å²) in [6.07, 6.45) is 2.93. The third-order valence-electron chi connectivity index (χ3n) is 2.92. The van der Waals surface area contributed by atoms with E-state index in [1.54, 1.807) is 4.80 Å². The summed E-state index contributed by atoms with van der Waals surface area (Å²) in [5.74, 6) is 0. The first kappa shape index (κ1) is 14.7. The SMILES string of the molecule is CC(C)NCCCNCc1cnn(-c2ccccc2)n1. The zero-order valence-corrected chi connectivity index (χ0v) is 12.2. The van der Waals surface area contributed by atoms with Crippen molar-refractivity contribution in [1.29, 1.82) is 0 Å². The molecule has 0 aliphatic rings. The minimum atomic E-state index is 0.556. The van der Waals surface area contributed by atoms with Crippen LogP contribution in [0.5, 0.6) is 0 Å². The van der Waals surface area contributed by atoms with Crippen LogP contribution in [0.25, 0.3) is 5.69 Å². The van der Waals surface area contributed by atoms with Crippen LogP contribution < -0.4 is 10.6 Å². The maximum absolute atomic E-state index is 4.45. The van der Waals surface area contributed by atoms with Gasteiger partial charge in [0.15, 0.2) is 0 Å². The minimum Gasteiger partial charge on any atom is -0.314 e. The van der Waals surface area contributed by atoms with Crippen molar-refractivity contribution in [3.8, 4) is 5.69 Å². The molecule has 2 rings (SSSR count). The molecule has 2 N–H and O–H groups in total. The fraction of sp³-hybridized carbons (Fsp3) is 0.467. The van der Waals surface area contributed by atoms with Crippen molar-refractivity contribution < 1.29 is 0 Å². The van der Waals surface area contributed by atoms with Crippen LogP contribution in [0.4, 0.5) is 0 Å². The van der Waals surface area contributed by atoms with Crippen molar-refractivity contribution in [2.75, 3.05) is 13.1 Å². The Morgan fingerprint density at radius 1 is 1.15 bits per heavy atom. The van der Waals surface area contributed by atoms with Crippen molar-refractivity contribution in [3.05, 3.63) is 42.2 Å². The lowest BCUT2D eigenvalue weighted by molar-refractivity contribution is 0.545. The molecule has 0 aliphatic carbocycles. The summed E-state index contributed by atoms with van der Waals surface area (Å²) in [5, 5.41) is 15.5. The zero-order chi connectivity index (χ0) is 14.2. The van der Waals surface area contributed by atoms with Crippen molar-refractivity contribution in [1.82, 2.24) is 25.6 Å². The molecule has 0 atom stereocenters. The van der Waals surface area contributed by atoms with Gasteiger partial charge in [0, 0.05) is 12.6 Å². The number of para-hydroxylation sites is 1. The molecule has 1 aromatic carbocycles. The third-order valence-corrected chi connectivity index (χ3v) is 2.92. The summed E-state index contributed by atoms with van der Waals surface area (Å²) >= 11 is 0. The molecule has 5 heteroatoms. The molecular weight excluding hydrogens is 250 g/mol. The van der Waals surface area contributed by atoms with Gasteiger partial charge in [-0.3, -0.25) is 0 Å².